The van der Waals surface area contributed by atoms with Gasteiger partial charge in [0.25, 0.3) is 5.91 Å². The maximum absolute atomic E-state index is 12.0. The van der Waals surface area contributed by atoms with Gasteiger partial charge in [-0.15, -0.1) is 0 Å². The lowest BCUT2D eigenvalue weighted by atomic mass is 10.2. The van der Waals surface area contributed by atoms with Gasteiger partial charge in [-0.2, -0.15) is 0 Å². The van der Waals surface area contributed by atoms with E-state index in [4.69, 9.17) is 4.42 Å². The van der Waals surface area contributed by atoms with E-state index < -0.39 is 0 Å². The Morgan fingerprint density at radius 2 is 2.00 bits per heavy atom. The van der Waals surface area contributed by atoms with Crippen molar-refractivity contribution >= 4 is 17.0 Å². The molecule has 0 radical (unpaired) electrons. The van der Waals surface area contributed by atoms with E-state index in [1.807, 2.05) is 18.2 Å². The van der Waals surface area contributed by atoms with Gasteiger partial charge in [0.1, 0.15) is 5.52 Å². The number of carbonyl (C=O) groups excluding carboxylic acids is 1. The van der Waals surface area contributed by atoms with E-state index in [2.05, 4.69) is 15.3 Å². The number of hydrogen-bond acceptors (Lipinski definition) is 4. The summed E-state index contributed by atoms with van der Waals surface area (Å²) >= 11 is 0. The zero-order valence-corrected chi connectivity index (χ0v) is 11.2. The van der Waals surface area contributed by atoms with Gasteiger partial charge in [-0.05, 0) is 43.2 Å². The molecule has 1 saturated carbocycles. The Hall–Kier alpha value is -2.69. The summed E-state index contributed by atoms with van der Waals surface area (Å²) < 4.78 is 5.75. The third-order valence-electron chi connectivity index (χ3n) is 3.49. The molecule has 4 rings (SSSR count). The van der Waals surface area contributed by atoms with Crippen LogP contribution in [0.5, 0.6) is 0 Å². The average Bonchev–Trinajstić information content (AvgIpc) is 3.23. The first kappa shape index (κ1) is 12.1. The van der Waals surface area contributed by atoms with Crippen LogP contribution in [-0.2, 0) is 0 Å². The SMILES string of the molecule is O=C(NC1CC1)c1ccc2nc(-c3ccncc3)oc2c1. The molecule has 5 heteroatoms. The molecular weight excluding hydrogens is 266 g/mol. The van der Waals surface area contributed by atoms with Crippen LogP contribution in [0.15, 0.2) is 47.1 Å². The molecule has 0 aliphatic heterocycles. The number of nitrogens with one attached hydrogen (secondary N) is 1. The largest absolute Gasteiger partial charge is 0.436 e. The average molecular weight is 279 g/mol. The number of rotatable bonds is 3. The minimum Gasteiger partial charge on any atom is -0.436 e. The molecule has 21 heavy (non-hydrogen) atoms. The second kappa shape index (κ2) is 4.70. The molecule has 1 fully saturated rings. The van der Waals surface area contributed by atoms with Crippen molar-refractivity contribution in [3.8, 4) is 11.5 Å². The monoisotopic (exact) mass is 279 g/mol. The number of hydrogen-bond donors (Lipinski definition) is 1. The van der Waals surface area contributed by atoms with Gasteiger partial charge in [0, 0.05) is 29.6 Å². The van der Waals surface area contributed by atoms with E-state index in [0.717, 1.165) is 23.9 Å². The molecule has 0 unspecified atom stereocenters. The number of amides is 1. The summed E-state index contributed by atoms with van der Waals surface area (Å²) in [6.45, 7) is 0. The van der Waals surface area contributed by atoms with Gasteiger partial charge in [0.2, 0.25) is 5.89 Å². The number of carbonyl (C=O) groups is 1. The summed E-state index contributed by atoms with van der Waals surface area (Å²) in [5, 5.41) is 2.96. The molecule has 1 aromatic carbocycles. The van der Waals surface area contributed by atoms with Gasteiger partial charge in [-0.3, -0.25) is 9.78 Å². The van der Waals surface area contributed by atoms with Crippen LogP contribution in [0.25, 0.3) is 22.6 Å². The molecule has 5 nitrogen and oxygen atoms in total. The third-order valence-corrected chi connectivity index (χ3v) is 3.49. The molecule has 2 heterocycles. The second-order valence-electron chi connectivity index (χ2n) is 5.19. The highest BCUT2D eigenvalue weighted by molar-refractivity contribution is 5.97. The highest BCUT2D eigenvalue weighted by Crippen LogP contribution is 2.25. The Morgan fingerprint density at radius 3 is 2.76 bits per heavy atom. The Morgan fingerprint density at radius 1 is 1.19 bits per heavy atom. The normalized spacial score (nSPS) is 14.3. The van der Waals surface area contributed by atoms with Gasteiger partial charge in [0.15, 0.2) is 5.58 Å². The number of benzene rings is 1. The molecule has 0 spiro atoms. The van der Waals surface area contributed by atoms with Crippen LogP contribution in [0.2, 0.25) is 0 Å². The van der Waals surface area contributed by atoms with Gasteiger partial charge in [0.05, 0.1) is 0 Å². The molecule has 104 valence electrons. The standard InChI is InChI=1S/C16H13N3O2/c20-15(18-12-2-3-12)11-1-4-13-14(9-11)21-16(19-13)10-5-7-17-8-6-10/h1,4-9,12H,2-3H2,(H,18,20). The van der Waals surface area contributed by atoms with E-state index in [0.29, 0.717) is 23.1 Å². The van der Waals surface area contributed by atoms with Crippen LogP contribution in [0.3, 0.4) is 0 Å². The van der Waals surface area contributed by atoms with Crippen molar-refractivity contribution in [1.29, 1.82) is 0 Å². The number of fused-ring (bicyclic) bond motifs is 1. The van der Waals surface area contributed by atoms with Crippen molar-refractivity contribution in [1.82, 2.24) is 15.3 Å². The summed E-state index contributed by atoms with van der Waals surface area (Å²) in [6, 6.07) is 9.35. The van der Waals surface area contributed by atoms with Crippen LogP contribution in [0.4, 0.5) is 0 Å². The Balaban J connectivity index is 1.69. The van der Waals surface area contributed by atoms with E-state index in [1.165, 1.54) is 0 Å². The summed E-state index contributed by atoms with van der Waals surface area (Å²) in [5.74, 6) is 0.480. The zero-order valence-electron chi connectivity index (χ0n) is 11.2. The minimum atomic E-state index is -0.0544. The Kier molecular flexibility index (Phi) is 2.70. The fourth-order valence-corrected chi connectivity index (χ4v) is 2.18. The second-order valence-corrected chi connectivity index (χ2v) is 5.19. The molecule has 0 saturated heterocycles. The Bertz CT molecular complexity index is 807. The number of pyridine rings is 1. The summed E-state index contributed by atoms with van der Waals surface area (Å²) in [5.41, 5.74) is 2.83. The smallest absolute Gasteiger partial charge is 0.251 e. The predicted octanol–water partition coefficient (Wildman–Crippen LogP) is 2.78. The van der Waals surface area contributed by atoms with Gasteiger partial charge in [-0.1, -0.05) is 0 Å². The van der Waals surface area contributed by atoms with E-state index in [-0.39, 0.29) is 5.91 Å². The van der Waals surface area contributed by atoms with Crippen molar-refractivity contribution in [3.05, 3.63) is 48.3 Å². The number of oxazole rings is 1. The number of aromatic nitrogens is 2. The highest BCUT2D eigenvalue weighted by atomic mass is 16.3. The van der Waals surface area contributed by atoms with Crippen LogP contribution in [0.1, 0.15) is 23.2 Å². The third kappa shape index (κ3) is 2.38. The first-order valence-electron chi connectivity index (χ1n) is 6.91. The van der Waals surface area contributed by atoms with Crippen molar-refractivity contribution in [3.63, 3.8) is 0 Å². The topological polar surface area (TPSA) is 68.0 Å². The molecule has 0 atom stereocenters. The molecule has 1 N–H and O–H groups in total. The van der Waals surface area contributed by atoms with E-state index in [1.54, 1.807) is 24.5 Å². The first-order chi connectivity index (χ1) is 10.3. The molecule has 1 amide bonds. The zero-order chi connectivity index (χ0) is 14.2. The van der Waals surface area contributed by atoms with Crippen molar-refractivity contribution in [2.75, 3.05) is 0 Å². The lowest BCUT2D eigenvalue weighted by Gasteiger charge is -2.01. The summed E-state index contributed by atoms with van der Waals surface area (Å²) in [6.07, 6.45) is 5.53. The van der Waals surface area contributed by atoms with Crippen LogP contribution >= 0.6 is 0 Å². The van der Waals surface area contributed by atoms with Crippen LogP contribution < -0.4 is 5.32 Å². The Labute approximate surface area is 121 Å². The van der Waals surface area contributed by atoms with E-state index in [9.17, 15) is 4.79 Å². The summed E-state index contributed by atoms with van der Waals surface area (Å²) in [4.78, 5) is 20.4. The van der Waals surface area contributed by atoms with Crippen molar-refractivity contribution in [2.45, 2.75) is 18.9 Å². The molecule has 0 bridgehead atoms. The van der Waals surface area contributed by atoms with Gasteiger partial charge >= 0.3 is 0 Å². The molecule has 1 aliphatic rings. The fourth-order valence-electron chi connectivity index (χ4n) is 2.18. The first-order valence-corrected chi connectivity index (χ1v) is 6.91. The summed E-state index contributed by atoms with van der Waals surface area (Å²) in [7, 11) is 0. The van der Waals surface area contributed by atoms with Crippen molar-refractivity contribution < 1.29 is 9.21 Å². The molecule has 1 aliphatic carbocycles. The molecular formula is C16H13N3O2. The number of nitrogens with zero attached hydrogens (tertiary/aromatic N) is 2. The lowest BCUT2D eigenvalue weighted by molar-refractivity contribution is 0.0951. The quantitative estimate of drug-likeness (QED) is 0.800. The maximum Gasteiger partial charge on any atom is 0.251 e. The van der Waals surface area contributed by atoms with Crippen molar-refractivity contribution in [2.24, 2.45) is 0 Å². The predicted molar refractivity (Wildman–Crippen MR) is 77.7 cm³/mol. The minimum absolute atomic E-state index is 0.0544. The molecule has 2 aromatic heterocycles. The van der Waals surface area contributed by atoms with Crippen LogP contribution in [0, 0.1) is 0 Å². The molecule has 3 aromatic rings. The van der Waals surface area contributed by atoms with Gasteiger partial charge in [-0.25, -0.2) is 4.98 Å². The fraction of sp³-hybridized carbons (Fsp3) is 0.188. The lowest BCUT2D eigenvalue weighted by Crippen LogP contribution is -2.25. The highest BCUT2D eigenvalue weighted by Gasteiger charge is 2.24. The maximum atomic E-state index is 12.0. The van der Waals surface area contributed by atoms with Crippen LogP contribution in [-0.4, -0.2) is 21.9 Å². The van der Waals surface area contributed by atoms with E-state index >= 15 is 0 Å². The van der Waals surface area contributed by atoms with Gasteiger partial charge < -0.3 is 9.73 Å².